The SMILES string of the molecule is O=C1C=CC(=O)C1.O=CC=Cc1ccccc1. The van der Waals surface area contributed by atoms with Gasteiger partial charge in [0.1, 0.15) is 6.29 Å². The molecule has 86 valence electrons. The number of rotatable bonds is 2. The van der Waals surface area contributed by atoms with Gasteiger partial charge in [0.25, 0.3) is 0 Å². The van der Waals surface area contributed by atoms with Crippen LogP contribution >= 0.6 is 0 Å². The van der Waals surface area contributed by atoms with Crippen molar-refractivity contribution < 1.29 is 14.4 Å². The predicted molar refractivity (Wildman–Crippen MR) is 65.3 cm³/mol. The Morgan fingerprint density at radius 2 is 1.53 bits per heavy atom. The number of benzene rings is 1. The second-order valence-corrected chi connectivity index (χ2v) is 3.35. The molecule has 2 rings (SSSR count). The van der Waals surface area contributed by atoms with Crippen LogP contribution in [0.3, 0.4) is 0 Å². The number of carbonyl (C=O) groups excluding carboxylic acids is 3. The Hall–Kier alpha value is -2.29. The highest BCUT2D eigenvalue weighted by Gasteiger charge is 2.09. The third kappa shape index (κ3) is 5.37. The van der Waals surface area contributed by atoms with Crippen molar-refractivity contribution in [2.45, 2.75) is 6.42 Å². The molecule has 0 radical (unpaired) electrons. The van der Waals surface area contributed by atoms with E-state index in [4.69, 9.17) is 0 Å². The zero-order valence-electron chi connectivity index (χ0n) is 9.21. The van der Waals surface area contributed by atoms with E-state index in [-0.39, 0.29) is 18.0 Å². The maximum atomic E-state index is 10.1. The monoisotopic (exact) mass is 228 g/mol. The van der Waals surface area contributed by atoms with Crippen molar-refractivity contribution in [3.63, 3.8) is 0 Å². The molecule has 1 aromatic rings. The molecule has 3 heteroatoms. The maximum absolute atomic E-state index is 10.1. The number of ketones is 2. The van der Waals surface area contributed by atoms with E-state index in [0.29, 0.717) is 0 Å². The van der Waals surface area contributed by atoms with Gasteiger partial charge in [-0.05, 0) is 23.8 Å². The standard InChI is InChI=1S/C9H8O.C5H4O2/c10-8-4-7-9-5-2-1-3-6-9;6-4-1-2-5(7)3-4/h1-8H;1-2H,3H2. The molecule has 0 aromatic heterocycles. The van der Waals surface area contributed by atoms with E-state index in [1.807, 2.05) is 30.3 Å². The van der Waals surface area contributed by atoms with Crippen LogP contribution < -0.4 is 0 Å². The van der Waals surface area contributed by atoms with Crippen molar-refractivity contribution in [3.8, 4) is 0 Å². The summed E-state index contributed by atoms with van der Waals surface area (Å²) in [5.41, 5.74) is 1.05. The summed E-state index contributed by atoms with van der Waals surface area (Å²) in [4.78, 5) is 30.2. The maximum Gasteiger partial charge on any atom is 0.163 e. The highest BCUT2D eigenvalue weighted by Crippen LogP contribution is 1.99. The van der Waals surface area contributed by atoms with E-state index >= 15 is 0 Å². The first kappa shape index (κ1) is 12.8. The largest absolute Gasteiger partial charge is 0.299 e. The first-order valence-corrected chi connectivity index (χ1v) is 5.13. The van der Waals surface area contributed by atoms with Crippen LogP contribution in [0.4, 0.5) is 0 Å². The van der Waals surface area contributed by atoms with E-state index in [2.05, 4.69) is 0 Å². The number of aldehydes is 1. The Balaban J connectivity index is 0.000000181. The van der Waals surface area contributed by atoms with E-state index in [1.54, 1.807) is 6.08 Å². The molecule has 0 bridgehead atoms. The molecule has 1 aliphatic carbocycles. The first-order valence-electron chi connectivity index (χ1n) is 5.13. The van der Waals surface area contributed by atoms with E-state index in [1.165, 1.54) is 18.2 Å². The van der Waals surface area contributed by atoms with Gasteiger partial charge in [-0.2, -0.15) is 0 Å². The fourth-order valence-electron chi connectivity index (χ4n) is 1.19. The normalized spacial score (nSPS) is 13.6. The minimum Gasteiger partial charge on any atom is -0.299 e. The van der Waals surface area contributed by atoms with Gasteiger partial charge < -0.3 is 0 Å². The quantitative estimate of drug-likeness (QED) is 0.442. The van der Waals surface area contributed by atoms with Crippen molar-refractivity contribution in [1.29, 1.82) is 0 Å². The van der Waals surface area contributed by atoms with Crippen molar-refractivity contribution in [2.75, 3.05) is 0 Å². The van der Waals surface area contributed by atoms with E-state index in [9.17, 15) is 14.4 Å². The van der Waals surface area contributed by atoms with Gasteiger partial charge in [-0.25, -0.2) is 0 Å². The lowest BCUT2D eigenvalue weighted by molar-refractivity contribution is -0.120. The molecule has 0 spiro atoms. The zero-order valence-corrected chi connectivity index (χ0v) is 9.21. The third-order valence-corrected chi connectivity index (χ3v) is 1.97. The molecule has 3 nitrogen and oxygen atoms in total. The Kier molecular flexibility index (Phi) is 5.31. The second kappa shape index (κ2) is 7.06. The fourth-order valence-corrected chi connectivity index (χ4v) is 1.19. The average molecular weight is 228 g/mol. The summed E-state index contributed by atoms with van der Waals surface area (Å²) in [6.45, 7) is 0. The topological polar surface area (TPSA) is 51.2 Å². The molecule has 0 N–H and O–H groups in total. The molecular formula is C14H12O3. The van der Waals surface area contributed by atoms with Crippen LogP contribution in [0.5, 0.6) is 0 Å². The average Bonchev–Trinajstić information content (AvgIpc) is 2.73. The highest BCUT2D eigenvalue weighted by atomic mass is 16.1. The molecule has 0 heterocycles. The summed E-state index contributed by atoms with van der Waals surface area (Å²) in [6.07, 6.45) is 6.72. The van der Waals surface area contributed by atoms with E-state index in [0.717, 1.165) is 11.8 Å². The fraction of sp³-hybridized carbons (Fsp3) is 0.0714. The first-order chi connectivity index (χ1) is 8.22. The Labute approximate surface area is 99.5 Å². The van der Waals surface area contributed by atoms with Gasteiger partial charge in [-0.15, -0.1) is 0 Å². The molecule has 1 aliphatic rings. The van der Waals surface area contributed by atoms with Gasteiger partial charge in [0.2, 0.25) is 0 Å². The molecule has 17 heavy (non-hydrogen) atoms. The molecule has 0 unspecified atom stereocenters. The summed E-state index contributed by atoms with van der Waals surface area (Å²) in [6, 6.07) is 9.70. The van der Waals surface area contributed by atoms with Crippen molar-refractivity contribution in [1.82, 2.24) is 0 Å². The van der Waals surface area contributed by atoms with Crippen LogP contribution in [-0.4, -0.2) is 17.9 Å². The molecule has 0 fully saturated rings. The molecule has 0 amide bonds. The number of carbonyl (C=O) groups is 3. The highest BCUT2D eigenvalue weighted by molar-refractivity contribution is 6.16. The second-order valence-electron chi connectivity index (χ2n) is 3.35. The van der Waals surface area contributed by atoms with Gasteiger partial charge in [0, 0.05) is 0 Å². The summed E-state index contributed by atoms with van der Waals surface area (Å²) in [5, 5.41) is 0. The third-order valence-electron chi connectivity index (χ3n) is 1.97. The molecule has 0 atom stereocenters. The summed E-state index contributed by atoms with van der Waals surface area (Å²) in [7, 11) is 0. The number of hydrogen-bond acceptors (Lipinski definition) is 3. The van der Waals surface area contributed by atoms with E-state index < -0.39 is 0 Å². The van der Waals surface area contributed by atoms with Gasteiger partial charge in [-0.1, -0.05) is 36.4 Å². The van der Waals surface area contributed by atoms with Crippen molar-refractivity contribution in [2.24, 2.45) is 0 Å². The van der Waals surface area contributed by atoms with Gasteiger partial charge in [0.05, 0.1) is 6.42 Å². The number of hydrogen-bond donors (Lipinski definition) is 0. The lowest BCUT2D eigenvalue weighted by atomic mass is 10.2. The van der Waals surface area contributed by atoms with Crippen molar-refractivity contribution >= 4 is 23.9 Å². The van der Waals surface area contributed by atoms with Crippen molar-refractivity contribution in [3.05, 3.63) is 54.1 Å². The molecule has 1 aromatic carbocycles. The molecule has 0 saturated heterocycles. The summed E-state index contributed by atoms with van der Waals surface area (Å²) < 4.78 is 0. The minimum absolute atomic E-state index is 0.0787. The molecule has 0 saturated carbocycles. The zero-order chi connectivity index (χ0) is 12.5. The lowest BCUT2D eigenvalue weighted by Gasteiger charge is -1.86. The minimum atomic E-state index is -0.0787. The Morgan fingerprint density at radius 1 is 0.941 bits per heavy atom. The summed E-state index contributed by atoms with van der Waals surface area (Å²) in [5.74, 6) is -0.157. The molecular weight excluding hydrogens is 216 g/mol. The Morgan fingerprint density at radius 3 is 1.94 bits per heavy atom. The number of allylic oxidation sites excluding steroid dienone is 3. The van der Waals surface area contributed by atoms with Gasteiger partial charge >= 0.3 is 0 Å². The van der Waals surface area contributed by atoms with Crippen LogP contribution in [0.1, 0.15) is 12.0 Å². The predicted octanol–water partition coefficient (Wildman–Crippen LogP) is 1.98. The van der Waals surface area contributed by atoms with Gasteiger partial charge in [-0.3, -0.25) is 14.4 Å². The van der Waals surface area contributed by atoms with Crippen LogP contribution in [0.2, 0.25) is 0 Å². The Bertz CT molecular complexity index is 440. The van der Waals surface area contributed by atoms with Gasteiger partial charge in [0.15, 0.2) is 11.6 Å². The van der Waals surface area contributed by atoms with Crippen LogP contribution in [0, 0.1) is 0 Å². The lowest BCUT2D eigenvalue weighted by Crippen LogP contribution is -1.90. The van der Waals surface area contributed by atoms with Crippen LogP contribution in [0.25, 0.3) is 6.08 Å². The van der Waals surface area contributed by atoms with Crippen LogP contribution in [0.15, 0.2) is 48.6 Å². The summed E-state index contributed by atoms with van der Waals surface area (Å²) >= 11 is 0. The smallest absolute Gasteiger partial charge is 0.163 e. The molecule has 0 aliphatic heterocycles. The van der Waals surface area contributed by atoms with Crippen LogP contribution in [-0.2, 0) is 14.4 Å².